The lowest BCUT2D eigenvalue weighted by atomic mass is 9.97. The minimum atomic E-state index is 0.0794. The second-order valence-corrected chi connectivity index (χ2v) is 7.01. The average Bonchev–Trinajstić information content (AvgIpc) is 3.28. The summed E-state index contributed by atoms with van der Waals surface area (Å²) in [4.78, 5) is 25.1. The molecule has 3 aromatic rings. The van der Waals surface area contributed by atoms with Crippen molar-refractivity contribution in [2.45, 2.75) is 31.7 Å². The van der Waals surface area contributed by atoms with Crippen LogP contribution < -0.4 is 5.32 Å². The van der Waals surface area contributed by atoms with Gasteiger partial charge in [-0.2, -0.15) is 0 Å². The van der Waals surface area contributed by atoms with Crippen molar-refractivity contribution >= 4 is 17.2 Å². The van der Waals surface area contributed by atoms with Gasteiger partial charge in [0.2, 0.25) is 5.91 Å². The Morgan fingerprint density at radius 2 is 2.20 bits per heavy atom. The van der Waals surface area contributed by atoms with Crippen molar-refractivity contribution in [1.29, 1.82) is 0 Å². The minimum absolute atomic E-state index is 0.0794. The van der Waals surface area contributed by atoms with Crippen molar-refractivity contribution in [3.05, 3.63) is 65.1 Å². The molecule has 6 heteroatoms. The van der Waals surface area contributed by atoms with Crippen molar-refractivity contribution in [3.63, 3.8) is 0 Å². The molecule has 4 rings (SSSR count). The quantitative estimate of drug-likeness (QED) is 0.766. The van der Waals surface area contributed by atoms with E-state index >= 15 is 0 Å². The molecule has 0 saturated heterocycles. The lowest BCUT2D eigenvalue weighted by Crippen LogP contribution is -2.24. The monoisotopic (exact) mass is 350 g/mol. The molecule has 1 amide bonds. The summed E-state index contributed by atoms with van der Waals surface area (Å²) in [6.45, 7) is 0.448. The Morgan fingerprint density at radius 1 is 1.28 bits per heavy atom. The first-order valence-corrected chi connectivity index (χ1v) is 9.23. The van der Waals surface area contributed by atoms with Gasteiger partial charge in [0.05, 0.1) is 18.4 Å². The topological polar surface area (TPSA) is 67.8 Å². The van der Waals surface area contributed by atoms with E-state index in [-0.39, 0.29) is 5.91 Å². The molecule has 1 atom stereocenters. The maximum Gasteiger partial charge on any atom is 0.220 e. The number of benzene rings is 1. The smallest absolute Gasteiger partial charge is 0.220 e. The van der Waals surface area contributed by atoms with E-state index in [1.807, 2.05) is 5.38 Å². The van der Waals surface area contributed by atoms with Crippen molar-refractivity contribution < 1.29 is 4.79 Å². The third-order valence-electron chi connectivity index (χ3n) is 4.49. The Kier molecular flexibility index (Phi) is 4.52. The summed E-state index contributed by atoms with van der Waals surface area (Å²) >= 11 is 1.51. The maximum absolute atomic E-state index is 12.3. The summed E-state index contributed by atoms with van der Waals surface area (Å²) < 4.78 is 0. The predicted molar refractivity (Wildman–Crippen MR) is 97.1 cm³/mol. The van der Waals surface area contributed by atoms with Gasteiger partial charge in [0, 0.05) is 24.2 Å². The number of fused-ring (bicyclic) bond motifs is 1. The van der Waals surface area contributed by atoms with Crippen LogP contribution in [0.4, 0.5) is 0 Å². The number of rotatable bonds is 5. The predicted octanol–water partition coefficient (Wildman–Crippen LogP) is 3.34. The fraction of sp³-hybridized carbons (Fsp3) is 0.263. The molecular formula is C19H18N4OS. The number of nitrogens with one attached hydrogen (secondary N) is 1. The molecule has 5 nitrogen and oxygen atoms in total. The van der Waals surface area contributed by atoms with Gasteiger partial charge >= 0.3 is 0 Å². The molecule has 1 N–H and O–H groups in total. The molecule has 1 aliphatic carbocycles. The van der Waals surface area contributed by atoms with Gasteiger partial charge in [-0.15, -0.1) is 11.3 Å². The molecule has 25 heavy (non-hydrogen) atoms. The zero-order chi connectivity index (χ0) is 17.1. The van der Waals surface area contributed by atoms with Gasteiger partial charge in [-0.1, -0.05) is 24.3 Å². The largest absolute Gasteiger partial charge is 0.350 e. The van der Waals surface area contributed by atoms with E-state index in [0.29, 0.717) is 18.9 Å². The van der Waals surface area contributed by atoms with Crippen molar-refractivity contribution in [2.24, 2.45) is 0 Å². The standard InChI is InChI=1S/C19H18N4OS/c24-18(9-14-6-5-13-3-1-2-4-16(13)14)22-10-15-12-25-19(23-15)17-11-20-7-8-21-17/h1-4,7-8,11-12,14H,5-6,9-10H2,(H,22,24). The summed E-state index contributed by atoms with van der Waals surface area (Å²) in [5.74, 6) is 0.414. The lowest BCUT2D eigenvalue weighted by molar-refractivity contribution is -0.121. The molecule has 1 aliphatic rings. The fourth-order valence-corrected chi connectivity index (χ4v) is 4.04. The van der Waals surface area contributed by atoms with Gasteiger partial charge in [-0.3, -0.25) is 14.8 Å². The zero-order valence-electron chi connectivity index (χ0n) is 13.7. The van der Waals surface area contributed by atoms with E-state index in [2.05, 4.69) is 44.5 Å². The number of aryl methyl sites for hydroxylation is 1. The first kappa shape index (κ1) is 15.9. The van der Waals surface area contributed by atoms with Crippen LogP contribution in [0.3, 0.4) is 0 Å². The number of nitrogens with zero attached hydrogens (tertiary/aromatic N) is 3. The normalized spacial score (nSPS) is 15.8. The highest BCUT2D eigenvalue weighted by molar-refractivity contribution is 7.13. The van der Waals surface area contributed by atoms with Crippen LogP contribution >= 0.6 is 11.3 Å². The average molecular weight is 350 g/mol. The van der Waals surface area contributed by atoms with E-state index in [0.717, 1.165) is 29.2 Å². The molecule has 0 fully saturated rings. The van der Waals surface area contributed by atoms with Gasteiger partial charge < -0.3 is 5.32 Å². The van der Waals surface area contributed by atoms with Crippen LogP contribution in [0.25, 0.3) is 10.7 Å². The fourth-order valence-electron chi connectivity index (χ4n) is 3.26. The van der Waals surface area contributed by atoms with Gasteiger partial charge in [0.15, 0.2) is 0 Å². The molecule has 1 aromatic carbocycles. The van der Waals surface area contributed by atoms with E-state index in [1.165, 1.54) is 22.5 Å². The Labute approximate surface area is 150 Å². The van der Waals surface area contributed by atoms with E-state index in [9.17, 15) is 4.79 Å². The molecule has 2 aromatic heterocycles. The number of hydrogen-bond donors (Lipinski definition) is 1. The maximum atomic E-state index is 12.3. The highest BCUT2D eigenvalue weighted by Crippen LogP contribution is 2.35. The van der Waals surface area contributed by atoms with Crippen LogP contribution in [0.1, 0.15) is 35.6 Å². The van der Waals surface area contributed by atoms with Crippen LogP contribution in [-0.2, 0) is 17.8 Å². The van der Waals surface area contributed by atoms with E-state index < -0.39 is 0 Å². The van der Waals surface area contributed by atoms with E-state index in [1.54, 1.807) is 18.6 Å². The van der Waals surface area contributed by atoms with Gasteiger partial charge in [-0.05, 0) is 29.9 Å². The Morgan fingerprint density at radius 3 is 3.08 bits per heavy atom. The molecule has 0 bridgehead atoms. The number of thiazole rings is 1. The molecule has 0 aliphatic heterocycles. The van der Waals surface area contributed by atoms with Crippen LogP contribution in [0.5, 0.6) is 0 Å². The molecule has 1 unspecified atom stereocenters. The third kappa shape index (κ3) is 3.58. The molecule has 126 valence electrons. The summed E-state index contributed by atoms with van der Waals surface area (Å²) in [5.41, 5.74) is 4.32. The van der Waals surface area contributed by atoms with Crippen LogP contribution in [0.2, 0.25) is 0 Å². The number of hydrogen-bond acceptors (Lipinski definition) is 5. The molecular weight excluding hydrogens is 332 g/mol. The van der Waals surface area contributed by atoms with Crippen molar-refractivity contribution in [2.75, 3.05) is 0 Å². The molecule has 0 saturated carbocycles. The lowest BCUT2D eigenvalue weighted by Gasteiger charge is -2.11. The van der Waals surface area contributed by atoms with Crippen LogP contribution in [0, 0.1) is 0 Å². The van der Waals surface area contributed by atoms with Gasteiger partial charge in [0.1, 0.15) is 10.7 Å². The second-order valence-electron chi connectivity index (χ2n) is 6.15. The number of amides is 1. The highest BCUT2D eigenvalue weighted by Gasteiger charge is 2.24. The van der Waals surface area contributed by atoms with Crippen molar-refractivity contribution in [3.8, 4) is 10.7 Å². The first-order valence-electron chi connectivity index (χ1n) is 8.35. The van der Waals surface area contributed by atoms with Crippen LogP contribution in [0.15, 0.2) is 48.2 Å². The zero-order valence-corrected chi connectivity index (χ0v) is 14.5. The Hall–Kier alpha value is -2.60. The molecule has 0 spiro atoms. The minimum Gasteiger partial charge on any atom is -0.350 e. The Bertz CT molecular complexity index is 878. The number of aromatic nitrogens is 3. The molecule has 2 heterocycles. The Balaban J connectivity index is 1.33. The molecule has 0 radical (unpaired) electrons. The summed E-state index contributed by atoms with van der Waals surface area (Å²) in [6.07, 6.45) is 7.65. The highest BCUT2D eigenvalue weighted by atomic mass is 32.1. The van der Waals surface area contributed by atoms with Crippen LogP contribution in [-0.4, -0.2) is 20.9 Å². The van der Waals surface area contributed by atoms with Gasteiger partial charge in [0.25, 0.3) is 0 Å². The second kappa shape index (κ2) is 7.11. The summed E-state index contributed by atoms with van der Waals surface area (Å²) in [7, 11) is 0. The van der Waals surface area contributed by atoms with Crippen molar-refractivity contribution in [1.82, 2.24) is 20.3 Å². The SMILES string of the molecule is O=C(CC1CCc2ccccc21)NCc1csc(-c2cnccn2)n1. The van der Waals surface area contributed by atoms with Gasteiger partial charge in [-0.25, -0.2) is 4.98 Å². The third-order valence-corrected chi connectivity index (χ3v) is 5.40. The van der Waals surface area contributed by atoms with E-state index in [4.69, 9.17) is 0 Å². The number of carbonyl (C=O) groups excluding carboxylic acids is 1. The number of carbonyl (C=O) groups is 1. The summed E-state index contributed by atoms with van der Waals surface area (Å²) in [6, 6.07) is 8.43. The summed E-state index contributed by atoms with van der Waals surface area (Å²) in [5, 5.41) is 5.77. The first-order chi connectivity index (χ1) is 12.3.